The molecular weight excluding hydrogens is 362 g/mol. The Labute approximate surface area is 163 Å². The SMILES string of the molecule is CCCCC(=O)Nc1ccc(NC(=O)c2cccc([N+](=O)[O-])c2C)cc1OC. The lowest BCUT2D eigenvalue weighted by Gasteiger charge is -2.13. The van der Waals surface area contributed by atoms with Crippen LogP contribution in [0.1, 0.15) is 42.1 Å². The van der Waals surface area contributed by atoms with Crippen LogP contribution in [0.15, 0.2) is 36.4 Å². The van der Waals surface area contributed by atoms with E-state index in [1.54, 1.807) is 18.2 Å². The van der Waals surface area contributed by atoms with Crippen LogP contribution >= 0.6 is 0 Å². The molecule has 148 valence electrons. The van der Waals surface area contributed by atoms with Crippen LogP contribution in [0.5, 0.6) is 5.75 Å². The van der Waals surface area contributed by atoms with Gasteiger partial charge in [-0.1, -0.05) is 19.4 Å². The van der Waals surface area contributed by atoms with E-state index in [4.69, 9.17) is 4.74 Å². The van der Waals surface area contributed by atoms with Gasteiger partial charge in [-0.15, -0.1) is 0 Å². The first kappa shape index (κ1) is 20.9. The highest BCUT2D eigenvalue weighted by molar-refractivity contribution is 6.06. The molecule has 8 heteroatoms. The molecule has 0 aliphatic heterocycles. The van der Waals surface area contributed by atoms with Gasteiger partial charge < -0.3 is 15.4 Å². The number of rotatable bonds is 8. The number of nitrogens with zero attached hydrogens (tertiary/aromatic N) is 1. The zero-order valence-corrected chi connectivity index (χ0v) is 16.1. The van der Waals surface area contributed by atoms with Gasteiger partial charge in [0.15, 0.2) is 0 Å². The number of carbonyl (C=O) groups excluding carboxylic acids is 2. The average molecular weight is 385 g/mol. The molecule has 2 N–H and O–H groups in total. The molecule has 0 fully saturated rings. The number of unbranched alkanes of at least 4 members (excludes halogenated alkanes) is 1. The first-order valence-electron chi connectivity index (χ1n) is 8.90. The normalized spacial score (nSPS) is 10.2. The maximum atomic E-state index is 12.5. The van der Waals surface area contributed by atoms with E-state index in [9.17, 15) is 19.7 Å². The molecule has 2 aromatic rings. The molecule has 0 radical (unpaired) electrons. The lowest BCUT2D eigenvalue weighted by atomic mass is 10.1. The van der Waals surface area contributed by atoms with Crippen molar-refractivity contribution < 1.29 is 19.2 Å². The number of nitro benzene ring substituents is 1. The van der Waals surface area contributed by atoms with Gasteiger partial charge in [0.25, 0.3) is 11.6 Å². The number of amides is 2. The predicted octanol–water partition coefficient (Wildman–Crippen LogP) is 4.29. The molecular formula is C20H23N3O5. The van der Waals surface area contributed by atoms with Crippen LogP contribution in [0, 0.1) is 17.0 Å². The Morgan fingerprint density at radius 1 is 1.18 bits per heavy atom. The van der Waals surface area contributed by atoms with Gasteiger partial charge >= 0.3 is 0 Å². The number of anilines is 2. The number of methoxy groups -OCH3 is 1. The number of carbonyl (C=O) groups is 2. The van der Waals surface area contributed by atoms with Gasteiger partial charge in [0, 0.05) is 35.4 Å². The van der Waals surface area contributed by atoms with E-state index in [2.05, 4.69) is 10.6 Å². The summed E-state index contributed by atoms with van der Waals surface area (Å²) < 4.78 is 5.30. The highest BCUT2D eigenvalue weighted by Gasteiger charge is 2.18. The number of benzene rings is 2. The summed E-state index contributed by atoms with van der Waals surface area (Å²) in [5.74, 6) is -0.175. The molecule has 0 aliphatic rings. The number of hydrogen-bond acceptors (Lipinski definition) is 5. The maximum Gasteiger partial charge on any atom is 0.273 e. The minimum absolute atomic E-state index is 0.107. The van der Waals surface area contributed by atoms with Gasteiger partial charge in [-0.2, -0.15) is 0 Å². The van der Waals surface area contributed by atoms with Gasteiger partial charge in [-0.25, -0.2) is 0 Å². The lowest BCUT2D eigenvalue weighted by molar-refractivity contribution is -0.385. The number of ether oxygens (including phenoxy) is 1. The van der Waals surface area contributed by atoms with Crippen molar-refractivity contribution in [2.45, 2.75) is 33.1 Å². The zero-order chi connectivity index (χ0) is 20.7. The zero-order valence-electron chi connectivity index (χ0n) is 16.1. The third-order valence-electron chi connectivity index (χ3n) is 4.24. The fourth-order valence-corrected chi connectivity index (χ4v) is 2.69. The predicted molar refractivity (Wildman–Crippen MR) is 107 cm³/mol. The highest BCUT2D eigenvalue weighted by Crippen LogP contribution is 2.29. The standard InChI is InChI=1S/C20H23N3O5/c1-4-5-9-19(24)22-16-11-10-14(12-18(16)28-3)21-20(25)15-7-6-8-17(13(15)2)23(26)27/h6-8,10-12H,4-5,9H2,1-3H3,(H,21,25)(H,22,24). The summed E-state index contributed by atoms with van der Waals surface area (Å²) in [4.78, 5) is 35.0. The summed E-state index contributed by atoms with van der Waals surface area (Å²) in [5.41, 5.74) is 1.34. The van der Waals surface area contributed by atoms with Crippen molar-refractivity contribution in [2.24, 2.45) is 0 Å². The molecule has 8 nitrogen and oxygen atoms in total. The van der Waals surface area contributed by atoms with Crippen molar-refractivity contribution in [3.8, 4) is 5.75 Å². The third-order valence-corrected chi connectivity index (χ3v) is 4.24. The maximum absolute atomic E-state index is 12.5. The Bertz CT molecular complexity index is 895. The van der Waals surface area contributed by atoms with Crippen molar-refractivity contribution in [3.05, 3.63) is 57.6 Å². The van der Waals surface area contributed by atoms with Crippen molar-refractivity contribution in [3.63, 3.8) is 0 Å². The second kappa shape index (κ2) is 9.50. The van der Waals surface area contributed by atoms with Crippen molar-refractivity contribution in [1.29, 1.82) is 0 Å². The van der Waals surface area contributed by atoms with E-state index in [1.807, 2.05) is 6.92 Å². The average Bonchev–Trinajstić information content (AvgIpc) is 2.67. The minimum Gasteiger partial charge on any atom is -0.494 e. The molecule has 0 aliphatic carbocycles. The molecule has 0 aromatic heterocycles. The van der Waals surface area contributed by atoms with Crippen LogP contribution in [-0.2, 0) is 4.79 Å². The highest BCUT2D eigenvalue weighted by atomic mass is 16.6. The molecule has 0 bridgehead atoms. The lowest BCUT2D eigenvalue weighted by Crippen LogP contribution is -2.15. The first-order chi connectivity index (χ1) is 13.4. The Morgan fingerprint density at radius 3 is 2.57 bits per heavy atom. The van der Waals surface area contributed by atoms with Crippen molar-refractivity contribution in [2.75, 3.05) is 17.7 Å². The molecule has 2 rings (SSSR count). The summed E-state index contributed by atoms with van der Waals surface area (Å²) in [5, 5.41) is 16.5. The second-order valence-electron chi connectivity index (χ2n) is 6.23. The van der Waals surface area contributed by atoms with Gasteiger partial charge in [0.1, 0.15) is 5.75 Å². The van der Waals surface area contributed by atoms with Crippen LogP contribution in [0.4, 0.5) is 17.1 Å². The van der Waals surface area contributed by atoms with Crippen LogP contribution in [-0.4, -0.2) is 23.8 Å². The first-order valence-corrected chi connectivity index (χ1v) is 8.90. The molecule has 0 spiro atoms. The van der Waals surface area contributed by atoms with Crippen LogP contribution in [0.3, 0.4) is 0 Å². The van der Waals surface area contributed by atoms with Crippen LogP contribution in [0.2, 0.25) is 0 Å². The Kier molecular flexibility index (Phi) is 7.08. The molecule has 0 saturated carbocycles. The molecule has 2 aromatic carbocycles. The van der Waals surface area contributed by atoms with Gasteiger partial charge in [-0.05, 0) is 31.5 Å². The molecule has 28 heavy (non-hydrogen) atoms. The Hall–Kier alpha value is -3.42. The van der Waals surface area contributed by atoms with Gasteiger partial charge in [-0.3, -0.25) is 19.7 Å². The second-order valence-corrected chi connectivity index (χ2v) is 6.23. The van der Waals surface area contributed by atoms with Crippen LogP contribution < -0.4 is 15.4 Å². The van der Waals surface area contributed by atoms with Gasteiger partial charge in [0.05, 0.1) is 17.7 Å². The molecule has 0 heterocycles. The van der Waals surface area contributed by atoms with Crippen molar-refractivity contribution >= 4 is 28.9 Å². The molecule has 0 unspecified atom stereocenters. The molecule has 0 atom stereocenters. The van der Waals surface area contributed by atoms with E-state index >= 15 is 0 Å². The van der Waals surface area contributed by atoms with Gasteiger partial charge in [0.2, 0.25) is 5.91 Å². The number of hydrogen-bond donors (Lipinski definition) is 2. The van der Waals surface area contributed by atoms with E-state index in [0.717, 1.165) is 12.8 Å². The molecule has 2 amide bonds. The number of nitro groups is 1. The largest absolute Gasteiger partial charge is 0.494 e. The van der Waals surface area contributed by atoms with Crippen LogP contribution in [0.25, 0.3) is 0 Å². The fraction of sp³-hybridized carbons (Fsp3) is 0.300. The summed E-state index contributed by atoms with van der Waals surface area (Å²) in [6, 6.07) is 9.19. The summed E-state index contributed by atoms with van der Waals surface area (Å²) >= 11 is 0. The summed E-state index contributed by atoms with van der Waals surface area (Å²) in [6.45, 7) is 3.54. The smallest absolute Gasteiger partial charge is 0.273 e. The third kappa shape index (κ3) is 5.06. The summed E-state index contributed by atoms with van der Waals surface area (Å²) in [7, 11) is 1.47. The monoisotopic (exact) mass is 385 g/mol. The van der Waals surface area contributed by atoms with E-state index in [1.165, 1.54) is 32.2 Å². The quantitative estimate of drug-likeness (QED) is 0.520. The van der Waals surface area contributed by atoms with E-state index < -0.39 is 10.8 Å². The Morgan fingerprint density at radius 2 is 1.93 bits per heavy atom. The van der Waals surface area contributed by atoms with E-state index in [-0.39, 0.29) is 22.7 Å². The molecule has 0 saturated heterocycles. The minimum atomic E-state index is -0.523. The number of nitrogens with one attached hydrogen (secondary N) is 2. The topological polar surface area (TPSA) is 111 Å². The fourth-order valence-electron chi connectivity index (χ4n) is 2.69. The van der Waals surface area contributed by atoms with E-state index in [0.29, 0.717) is 23.5 Å². The summed E-state index contributed by atoms with van der Waals surface area (Å²) in [6.07, 6.45) is 2.14. The van der Waals surface area contributed by atoms with Crippen molar-refractivity contribution in [1.82, 2.24) is 0 Å². The Balaban J connectivity index is 2.19.